The van der Waals surface area contributed by atoms with Gasteiger partial charge in [0, 0.05) is 24.4 Å². The number of thiazole rings is 1. The van der Waals surface area contributed by atoms with Crippen LogP contribution in [0.2, 0.25) is 0 Å². The van der Waals surface area contributed by atoms with Crippen LogP contribution >= 0.6 is 11.3 Å². The van der Waals surface area contributed by atoms with Crippen molar-refractivity contribution in [3.8, 4) is 10.6 Å². The summed E-state index contributed by atoms with van der Waals surface area (Å²) >= 11 is 1.48. The number of pyridine rings is 1. The van der Waals surface area contributed by atoms with Gasteiger partial charge in [0.25, 0.3) is 0 Å². The maximum atomic E-state index is 11.9. The van der Waals surface area contributed by atoms with Gasteiger partial charge in [0.2, 0.25) is 5.95 Å². The first-order chi connectivity index (χ1) is 16.9. The zero-order chi connectivity index (χ0) is 25.8. The van der Waals surface area contributed by atoms with Crippen molar-refractivity contribution >= 4 is 43.2 Å². The Morgan fingerprint density at radius 2 is 1.94 bits per heavy atom. The number of anilines is 2. The maximum Gasteiger partial charge on any atom is 0.225 e. The second-order valence-corrected chi connectivity index (χ2v) is 13.5. The van der Waals surface area contributed by atoms with Gasteiger partial charge in [0.15, 0.2) is 5.72 Å². The summed E-state index contributed by atoms with van der Waals surface area (Å²) in [4.78, 5) is 18.6. The van der Waals surface area contributed by atoms with Crippen molar-refractivity contribution in [2.24, 2.45) is 11.8 Å². The summed E-state index contributed by atoms with van der Waals surface area (Å²) in [5.41, 5.74) is 1.17. The first-order valence-corrected chi connectivity index (χ1v) is 15.1. The fourth-order valence-corrected chi connectivity index (χ4v) is 7.23. The first kappa shape index (κ1) is 25.2. The summed E-state index contributed by atoms with van der Waals surface area (Å²) in [6.07, 6.45) is 4.49. The van der Waals surface area contributed by atoms with E-state index < -0.39 is 27.6 Å². The molecule has 12 heteroatoms. The Labute approximate surface area is 214 Å². The van der Waals surface area contributed by atoms with E-state index in [1.807, 2.05) is 19.9 Å². The van der Waals surface area contributed by atoms with Gasteiger partial charge in [0.1, 0.15) is 32.3 Å². The minimum atomic E-state index is -3.31. The van der Waals surface area contributed by atoms with Gasteiger partial charge in [-0.25, -0.2) is 18.4 Å². The number of fused-ring (bicyclic) bond motifs is 1. The summed E-state index contributed by atoms with van der Waals surface area (Å²) in [5, 5.41) is 29.5. The number of rotatable bonds is 8. The van der Waals surface area contributed by atoms with Gasteiger partial charge in [0.05, 0.1) is 27.4 Å². The lowest BCUT2D eigenvalue weighted by Crippen LogP contribution is -2.48. The van der Waals surface area contributed by atoms with Crippen molar-refractivity contribution in [2.45, 2.75) is 64.3 Å². The molecular weight excluding hydrogens is 500 g/mol. The lowest BCUT2D eigenvalue weighted by molar-refractivity contribution is -0.0442. The second-order valence-electron chi connectivity index (χ2n) is 10.3. The van der Waals surface area contributed by atoms with Gasteiger partial charge >= 0.3 is 0 Å². The summed E-state index contributed by atoms with van der Waals surface area (Å²) in [6, 6.07) is 2.11. The number of nitrogens with one attached hydrogen (secondary N) is 2. The van der Waals surface area contributed by atoms with Crippen LogP contribution in [0, 0.1) is 25.7 Å². The molecule has 0 aliphatic heterocycles. The molecule has 2 aliphatic rings. The number of nitrogens with zero attached hydrogens (tertiary/aromatic N) is 4. The maximum absolute atomic E-state index is 11.9. The van der Waals surface area contributed by atoms with Crippen LogP contribution in [0.3, 0.4) is 0 Å². The molecular formula is C24H32N6O4S2. The van der Waals surface area contributed by atoms with Crippen LogP contribution in [-0.4, -0.2) is 68.4 Å². The van der Waals surface area contributed by atoms with E-state index >= 15 is 0 Å². The van der Waals surface area contributed by atoms with Crippen LogP contribution in [0.15, 0.2) is 12.3 Å². The highest BCUT2D eigenvalue weighted by molar-refractivity contribution is 7.90. The van der Waals surface area contributed by atoms with Crippen LogP contribution in [0.1, 0.15) is 44.0 Å². The fraction of sp³-hybridized carbons (Fsp3) is 0.583. The third-order valence-electron chi connectivity index (χ3n) is 7.16. The highest BCUT2D eigenvalue weighted by Crippen LogP contribution is 2.41. The van der Waals surface area contributed by atoms with Gasteiger partial charge in [-0.05, 0) is 58.4 Å². The van der Waals surface area contributed by atoms with Crippen molar-refractivity contribution in [3.63, 3.8) is 0 Å². The van der Waals surface area contributed by atoms with Gasteiger partial charge in [-0.3, -0.25) is 4.98 Å². The predicted octanol–water partition coefficient (Wildman–Crippen LogP) is 2.89. The number of hydrogen-bond donors (Lipinski definition) is 4. The summed E-state index contributed by atoms with van der Waals surface area (Å²) in [5.74, 6) is 0.596. The molecule has 2 saturated carbocycles. The van der Waals surface area contributed by atoms with Gasteiger partial charge in [-0.15, -0.1) is 11.3 Å². The highest BCUT2D eigenvalue weighted by Gasteiger charge is 2.48. The molecule has 0 saturated heterocycles. The zero-order valence-electron chi connectivity index (χ0n) is 20.8. The summed E-state index contributed by atoms with van der Waals surface area (Å²) in [6.45, 7) is 5.87. The van der Waals surface area contributed by atoms with E-state index in [4.69, 9.17) is 15.0 Å². The van der Waals surface area contributed by atoms with Crippen LogP contribution in [0.5, 0.6) is 0 Å². The quantitative estimate of drug-likeness (QED) is 0.319. The zero-order valence-corrected chi connectivity index (χ0v) is 22.4. The van der Waals surface area contributed by atoms with Gasteiger partial charge < -0.3 is 20.8 Å². The molecule has 36 heavy (non-hydrogen) atoms. The average Bonchev–Trinajstić information content (AvgIpc) is 3.49. The van der Waals surface area contributed by atoms with Crippen molar-refractivity contribution in [2.75, 3.05) is 22.6 Å². The lowest BCUT2D eigenvalue weighted by Gasteiger charge is -2.31. The molecule has 0 bridgehead atoms. The van der Waals surface area contributed by atoms with E-state index in [0.29, 0.717) is 40.4 Å². The third-order valence-corrected chi connectivity index (χ3v) is 9.24. The average molecular weight is 533 g/mol. The molecule has 4 atom stereocenters. The smallest absolute Gasteiger partial charge is 0.225 e. The Balaban J connectivity index is 1.55. The Kier molecular flexibility index (Phi) is 6.42. The molecule has 2 fully saturated rings. The minimum absolute atomic E-state index is 0.182. The number of aryl methyl sites for hydroxylation is 2. The van der Waals surface area contributed by atoms with Gasteiger partial charge in [-0.1, -0.05) is 0 Å². The molecule has 3 aromatic rings. The predicted molar refractivity (Wildman–Crippen MR) is 141 cm³/mol. The molecule has 4 unspecified atom stereocenters. The first-order valence-electron chi connectivity index (χ1n) is 12.2. The van der Waals surface area contributed by atoms with E-state index in [1.54, 1.807) is 6.20 Å². The largest absolute Gasteiger partial charge is 0.388 e. The van der Waals surface area contributed by atoms with Crippen molar-refractivity contribution in [3.05, 3.63) is 23.7 Å². The number of aliphatic hydroxyl groups excluding tert-OH is 1. The van der Waals surface area contributed by atoms with E-state index in [0.717, 1.165) is 22.2 Å². The molecule has 3 heterocycles. The number of sulfone groups is 1. The standard InChI is InChI=1S/C24H32N6O4S2/c1-12(15-5-6-15)26-23-27-13(2)18(22-28-19-14(3)25-10-8-17(19)35-22)21(29-23)30-24(32)9-7-16(20(24)31)11-36(4,33)34/h8,10,12,15-16,20,31-32H,5-7,9,11H2,1-4H3,(H2,26,27,29,30). The summed E-state index contributed by atoms with van der Waals surface area (Å²) < 4.78 is 24.7. The molecule has 0 spiro atoms. The topological polar surface area (TPSA) is 150 Å². The lowest BCUT2D eigenvalue weighted by atomic mass is 10.0. The minimum Gasteiger partial charge on any atom is -0.388 e. The SMILES string of the molecule is Cc1nc(NC(C)C2CC2)nc(NC2(O)CCC(CS(C)(=O)=O)C2O)c1-c1nc2c(C)nccc2s1. The Morgan fingerprint density at radius 3 is 2.61 bits per heavy atom. The number of hydrogen-bond acceptors (Lipinski definition) is 11. The Hall–Kier alpha value is -2.41. The van der Waals surface area contributed by atoms with Crippen molar-refractivity contribution < 1.29 is 18.6 Å². The molecule has 4 N–H and O–H groups in total. The molecule has 0 radical (unpaired) electrons. The van der Waals surface area contributed by atoms with Crippen molar-refractivity contribution in [1.29, 1.82) is 0 Å². The molecule has 10 nitrogen and oxygen atoms in total. The van der Waals surface area contributed by atoms with Crippen LogP contribution in [0.25, 0.3) is 20.8 Å². The molecule has 5 rings (SSSR count). The number of aromatic nitrogens is 4. The van der Waals surface area contributed by atoms with Crippen molar-refractivity contribution in [1.82, 2.24) is 19.9 Å². The second kappa shape index (κ2) is 9.16. The molecule has 194 valence electrons. The van der Waals surface area contributed by atoms with E-state index in [1.165, 1.54) is 24.2 Å². The molecule has 3 aromatic heterocycles. The Bertz CT molecular complexity index is 1410. The van der Waals surface area contributed by atoms with E-state index in [-0.39, 0.29) is 18.2 Å². The summed E-state index contributed by atoms with van der Waals surface area (Å²) in [7, 11) is -3.31. The van der Waals surface area contributed by atoms with E-state index in [2.05, 4.69) is 22.5 Å². The molecule has 0 aromatic carbocycles. The third kappa shape index (κ3) is 5.04. The van der Waals surface area contributed by atoms with Crippen LogP contribution in [0.4, 0.5) is 11.8 Å². The van der Waals surface area contributed by atoms with E-state index in [9.17, 15) is 18.6 Å². The highest BCUT2D eigenvalue weighted by atomic mass is 32.2. The molecule has 2 aliphatic carbocycles. The van der Waals surface area contributed by atoms with Crippen LogP contribution in [-0.2, 0) is 9.84 Å². The number of aliphatic hydroxyl groups is 2. The Morgan fingerprint density at radius 1 is 1.19 bits per heavy atom. The molecule has 0 amide bonds. The van der Waals surface area contributed by atoms with Gasteiger partial charge in [-0.2, -0.15) is 4.98 Å². The van der Waals surface area contributed by atoms with Crippen LogP contribution < -0.4 is 10.6 Å². The normalized spacial score (nSPS) is 25.3. The monoisotopic (exact) mass is 532 g/mol. The fourth-order valence-electron chi connectivity index (χ4n) is 5.00.